The molecule has 2 aliphatic rings. The summed E-state index contributed by atoms with van der Waals surface area (Å²) in [4.78, 5) is 84.1. The quantitative estimate of drug-likeness (QED) is 0.0339. The summed E-state index contributed by atoms with van der Waals surface area (Å²) >= 11 is 0. The second-order valence-corrected chi connectivity index (χ2v) is 30.0. The monoisotopic (exact) mass is 1560 g/mol. The van der Waals surface area contributed by atoms with Crippen molar-refractivity contribution in [3.05, 3.63) is 323 Å². The van der Waals surface area contributed by atoms with Crippen molar-refractivity contribution < 1.29 is 18.4 Å². The molecule has 0 bridgehead atoms. The number of hydrogen-bond acceptors (Lipinski definition) is 16. The first-order valence-corrected chi connectivity index (χ1v) is 39.9. The number of nitrogens with zero attached hydrogens (tertiary/aromatic N) is 16. The summed E-state index contributed by atoms with van der Waals surface area (Å²) in [5, 5.41) is 0. The molecule has 24 heteroatoms. The van der Waals surface area contributed by atoms with Crippen LogP contribution in [0, 0.1) is 18.6 Å². The highest BCUT2D eigenvalue weighted by Crippen LogP contribution is 2.37. The minimum atomic E-state index is -0.304. The van der Waals surface area contributed by atoms with Crippen LogP contribution < -0.4 is 11.5 Å². The molecular weight excluding hydrogens is 1460 g/mol. The fourth-order valence-electron chi connectivity index (χ4n) is 15.6. The Labute approximate surface area is 676 Å². The molecule has 14 aromatic rings. The zero-order valence-electron chi connectivity index (χ0n) is 66.7. The molecule has 2 aliphatic carbocycles. The van der Waals surface area contributed by atoms with Crippen LogP contribution in [-0.2, 0) is 88.6 Å². The Morgan fingerprint density at radius 2 is 0.974 bits per heavy atom. The fraction of sp³-hybridized carbons (Fsp3) is 0.304. The van der Waals surface area contributed by atoms with Gasteiger partial charge in [0.15, 0.2) is 0 Å². The third-order valence-electron chi connectivity index (χ3n) is 21.7. The van der Waals surface area contributed by atoms with Crippen molar-refractivity contribution in [3.63, 3.8) is 0 Å². The number of carbonyl (C=O) groups is 2. The number of para-hydroxylation sites is 1. The van der Waals surface area contributed by atoms with E-state index in [-0.39, 0.29) is 35.5 Å². The van der Waals surface area contributed by atoms with Crippen molar-refractivity contribution in [2.45, 2.75) is 142 Å². The van der Waals surface area contributed by atoms with Crippen molar-refractivity contribution in [2.75, 3.05) is 26.2 Å². The van der Waals surface area contributed by atoms with Crippen LogP contribution in [0.4, 0.5) is 8.78 Å². The van der Waals surface area contributed by atoms with Crippen molar-refractivity contribution in [3.8, 4) is 22.3 Å². The van der Waals surface area contributed by atoms with Crippen LogP contribution in [0.3, 0.4) is 0 Å². The molecule has 6 N–H and O–H groups in total. The van der Waals surface area contributed by atoms with E-state index < -0.39 is 0 Å². The Hall–Kier alpha value is -12.2. The van der Waals surface area contributed by atoms with Crippen LogP contribution in [-0.4, -0.2) is 127 Å². The maximum Gasteiger partial charge on any atom is 0.218 e. The second-order valence-electron chi connectivity index (χ2n) is 30.0. The van der Waals surface area contributed by atoms with Crippen LogP contribution in [0.5, 0.6) is 0 Å². The van der Waals surface area contributed by atoms with Crippen molar-refractivity contribution >= 4 is 33.9 Å². The molecule has 0 radical (unpaired) electrons. The molecule has 0 saturated heterocycles. The molecule has 10 heterocycles. The molecule has 4 aromatic carbocycles. The number of nitrogens with two attached hydrogens (primary N) is 2. The van der Waals surface area contributed by atoms with E-state index in [1.807, 2.05) is 148 Å². The average Bonchev–Trinajstić information content (AvgIpc) is 1.60. The largest absolute Gasteiger partial charge is 0.370 e. The van der Waals surface area contributed by atoms with Crippen LogP contribution in [0.25, 0.3) is 44.3 Å². The van der Waals surface area contributed by atoms with E-state index in [4.69, 9.17) is 31.4 Å². The van der Waals surface area contributed by atoms with Gasteiger partial charge in [0.2, 0.25) is 11.8 Å². The van der Waals surface area contributed by atoms with Gasteiger partial charge in [-0.3, -0.25) is 59.1 Å². The van der Waals surface area contributed by atoms with E-state index in [1.165, 1.54) is 46.3 Å². The molecule has 16 rings (SSSR count). The van der Waals surface area contributed by atoms with Crippen LogP contribution in [0.15, 0.2) is 232 Å². The van der Waals surface area contributed by atoms with E-state index in [1.54, 1.807) is 37.2 Å². The molecule has 0 aliphatic heterocycles. The summed E-state index contributed by atoms with van der Waals surface area (Å²) < 4.78 is 32.0. The number of hydrogen-bond donors (Lipinski definition) is 4. The highest BCUT2D eigenvalue weighted by Gasteiger charge is 2.31. The SMILES string of the molecule is CC(C)c1cccnc1CN(CCC(N)=O)Cc1ncccc1-c1ccccc1.Cc1cccnc1CN(CCC(N)=O)Cc1ncccc1-c1ccccc1.Cn1c(CN(CCc2cnc[nH]2)[C@H]2CCCc3cccnc32)nc2cc(F)ccc21.Cn1c(CN(CCc2cnc[nH]2)[C@H]2CCCc3cccnc32)nc2cccc(F)c21. The number of imidazole rings is 4. The lowest BCUT2D eigenvalue weighted by Crippen LogP contribution is -2.34. The molecule has 0 saturated carbocycles. The standard InChI is InChI=1S/C24H28N4O.2C23H25FN6.C22H24N4O/c1-18(2)20-10-6-13-26-22(20)16-28(15-12-24(25)29)17-23-21(11-7-14-27-23)19-8-4-3-5-9-19;1-29-21(28-19-8-3-7-18(24)23(19)29)14-30(12-10-17-13-25-15-27-17)20-9-2-5-16-6-4-11-26-22(16)20;1-29-20-8-7-17(24)12-19(20)28-22(29)14-30(11-9-18-13-25-15-27-18)21-6-2-4-16-5-3-10-26-23(16)21;1-17-7-5-12-24-20(17)15-26(14-11-22(23)27)16-21-19(10-6-13-25-21)18-8-3-2-4-9-18/h3-11,13-14,18H,12,15-17H2,1-2H3,(H2,25,29);3-4,6-8,11,13,15,20H,2,5,9-10,12,14H2,1H3,(H,25,27);3,5,7-8,10,12-13,15,21H,2,4,6,9,11,14H2,1H3,(H,25,27);2-10,12-13H,11,14-16H2,1H3,(H2,23,27)/t;20-;21-;/m.00./s1. The summed E-state index contributed by atoms with van der Waals surface area (Å²) in [7, 11) is 3.90. The Morgan fingerprint density at radius 1 is 0.500 bits per heavy atom. The van der Waals surface area contributed by atoms with Gasteiger partial charge in [-0.05, 0) is 145 Å². The summed E-state index contributed by atoms with van der Waals surface area (Å²) in [5.41, 5.74) is 31.7. The highest BCUT2D eigenvalue weighted by molar-refractivity contribution is 5.77. The van der Waals surface area contributed by atoms with Crippen LogP contribution in [0.1, 0.15) is 150 Å². The molecule has 2 amide bonds. The second kappa shape index (κ2) is 40.2. The number of aryl methyl sites for hydroxylation is 5. The number of aromatic nitrogens is 14. The third kappa shape index (κ3) is 21.6. The van der Waals surface area contributed by atoms with Gasteiger partial charge in [-0.2, -0.15) is 0 Å². The number of aromatic amines is 2. The van der Waals surface area contributed by atoms with Crippen molar-refractivity contribution in [1.29, 1.82) is 0 Å². The number of carbonyl (C=O) groups excluding carboxylic acids is 2. The number of fused-ring (bicyclic) bond motifs is 4. The first-order valence-electron chi connectivity index (χ1n) is 39.9. The van der Waals surface area contributed by atoms with Crippen LogP contribution >= 0.6 is 0 Å². The topological polar surface area (TPSA) is 269 Å². The fourth-order valence-corrected chi connectivity index (χ4v) is 15.6. The third-order valence-corrected chi connectivity index (χ3v) is 21.7. The van der Waals surface area contributed by atoms with E-state index in [0.29, 0.717) is 87.7 Å². The number of pyridine rings is 6. The summed E-state index contributed by atoms with van der Waals surface area (Å²) in [6, 6.07) is 55.3. The van der Waals surface area contributed by atoms with Gasteiger partial charge in [0.05, 0.1) is 88.5 Å². The van der Waals surface area contributed by atoms with Gasteiger partial charge < -0.3 is 30.6 Å². The van der Waals surface area contributed by atoms with Crippen LogP contribution in [0.2, 0.25) is 0 Å². The Bertz CT molecular complexity index is 5480. The smallest absolute Gasteiger partial charge is 0.218 e. The van der Waals surface area contributed by atoms with Gasteiger partial charge in [0.25, 0.3) is 0 Å². The summed E-state index contributed by atoms with van der Waals surface area (Å²) in [5.74, 6) is 1.08. The van der Waals surface area contributed by atoms with Crippen molar-refractivity contribution in [1.82, 2.24) is 88.5 Å². The number of rotatable bonds is 29. The molecule has 22 nitrogen and oxygen atoms in total. The van der Waals surface area contributed by atoms with Crippen molar-refractivity contribution in [2.24, 2.45) is 25.6 Å². The van der Waals surface area contributed by atoms with Gasteiger partial charge in [0.1, 0.15) is 28.8 Å². The Morgan fingerprint density at radius 3 is 1.48 bits per heavy atom. The lowest BCUT2D eigenvalue weighted by molar-refractivity contribution is -0.119. The lowest BCUT2D eigenvalue weighted by Gasteiger charge is -2.34. The van der Waals surface area contributed by atoms with E-state index in [0.717, 1.165) is 144 Å². The maximum atomic E-state index is 14.4. The predicted octanol–water partition coefficient (Wildman–Crippen LogP) is 15.4. The van der Waals surface area contributed by atoms with Gasteiger partial charge in [-0.25, -0.2) is 28.7 Å². The average molecular weight is 1560 g/mol. The molecule has 596 valence electrons. The molecule has 0 unspecified atom stereocenters. The summed E-state index contributed by atoms with van der Waals surface area (Å²) in [6.45, 7) is 13.1. The van der Waals surface area contributed by atoms with Gasteiger partial charge >= 0.3 is 0 Å². The molecule has 116 heavy (non-hydrogen) atoms. The molecular formula is C92H102F2N20O2. The number of nitrogens with one attached hydrogen (secondary N) is 2. The molecule has 10 aromatic heterocycles. The lowest BCUT2D eigenvalue weighted by atomic mass is 9.90. The Balaban J connectivity index is 0.000000135. The number of amides is 2. The first-order chi connectivity index (χ1) is 56.6. The molecule has 0 fully saturated rings. The van der Waals surface area contributed by atoms with E-state index in [9.17, 15) is 18.4 Å². The zero-order chi connectivity index (χ0) is 80.7. The normalized spacial score (nSPS) is 13.8. The van der Waals surface area contributed by atoms with E-state index in [2.05, 4.69) is 132 Å². The summed E-state index contributed by atoms with van der Waals surface area (Å²) in [6.07, 6.45) is 27.1. The van der Waals surface area contributed by atoms with Gasteiger partial charge in [-0.15, -0.1) is 0 Å². The molecule has 0 spiro atoms. The number of H-pyrrole nitrogens is 2. The zero-order valence-corrected chi connectivity index (χ0v) is 66.7. The number of primary amides is 2. The number of benzene rings is 4. The van der Waals surface area contributed by atoms with Gasteiger partial charge in [0, 0.05) is 170 Å². The first kappa shape index (κ1) is 81.8. The maximum absolute atomic E-state index is 14.4. The number of halogens is 2. The predicted molar refractivity (Wildman–Crippen MR) is 449 cm³/mol. The highest BCUT2D eigenvalue weighted by atomic mass is 19.1. The van der Waals surface area contributed by atoms with E-state index >= 15 is 0 Å². The van der Waals surface area contributed by atoms with Gasteiger partial charge in [-0.1, -0.05) is 117 Å². The Kier molecular flexibility index (Phi) is 28.3. The molecule has 2 atom stereocenters. The minimum absolute atomic E-state index is 0.225. The minimum Gasteiger partial charge on any atom is -0.370 e.